The molecular formula is C8H10O3. The second-order valence-electron chi connectivity index (χ2n) is 2.67. The summed E-state index contributed by atoms with van der Waals surface area (Å²) in [5.74, 6) is 1.52. The van der Waals surface area contributed by atoms with Crippen LogP contribution in [0.2, 0.25) is 0 Å². The highest BCUT2D eigenvalue weighted by molar-refractivity contribution is 5.68. The van der Waals surface area contributed by atoms with Gasteiger partial charge in [0.2, 0.25) is 0 Å². The van der Waals surface area contributed by atoms with Crippen LogP contribution in [0.15, 0.2) is 0 Å². The Hall–Kier alpha value is -1.01. The van der Waals surface area contributed by atoms with Crippen molar-refractivity contribution in [3.63, 3.8) is 0 Å². The van der Waals surface area contributed by atoms with E-state index in [-0.39, 0.29) is 6.61 Å². The van der Waals surface area contributed by atoms with Crippen LogP contribution in [0.1, 0.15) is 19.3 Å². The molecule has 0 heterocycles. The maximum atomic E-state index is 10.1. The van der Waals surface area contributed by atoms with Crippen LogP contribution in [-0.4, -0.2) is 23.3 Å². The Balaban J connectivity index is 2.35. The van der Waals surface area contributed by atoms with Gasteiger partial charge in [-0.05, 0) is 19.3 Å². The number of aliphatic carboxylic acids is 1. The van der Waals surface area contributed by atoms with Crippen molar-refractivity contribution in [2.45, 2.75) is 24.9 Å². The summed E-state index contributed by atoms with van der Waals surface area (Å²) in [5, 5.41) is 8.30. The minimum absolute atomic E-state index is 0.288. The lowest BCUT2D eigenvalue weighted by molar-refractivity contribution is -0.150. The van der Waals surface area contributed by atoms with Crippen molar-refractivity contribution in [1.29, 1.82) is 0 Å². The summed E-state index contributed by atoms with van der Waals surface area (Å²) >= 11 is 0. The van der Waals surface area contributed by atoms with E-state index < -0.39 is 11.6 Å². The highest BCUT2D eigenvalue weighted by atomic mass is 16.5. The van der Waals surface area contributed by atoms with E-state index in [9.17, 15) is 4.79 Å². The number of carboxylic acid groups (broad SMARTS) is 1. The van der Waals surface area contributed by atoms with E-state index in [1.165, 1.54) is 0 Å². The summed E-state index contributed by atoms with van der Waals surface area (Å²) < 4.78 is 5.04. The lowest BCUT2D eigenvalue weighted by Crippen LogP contribution is -2.39. The van der Waals surface area contributed by atoms with Crippen molar-refractivity contribution in [2.24, 2.45) is 0 Å². The zero-order valence-electron chi connectivity index (χ0n) is 6.17. The third-order valence-corrected chi connectivity index (χ3v) is 1.90. The number of terminal acetylenes is 1. The standard InChI is InChI=1S/C8H10O3/c1-2-8(4-3-5-8)11-6-7(9)10/h1H,3-6H2,(H,9,10). The molecule has 0 aromatic carbocycles. The lowest BCUT2D eigenvalue weighted by atomic mass is 9.81. The molecule has 0 aromatic rings. The molecule has 0 aromatic heterocycles. The topological polar surface area (TPSA) is 46.5 Å². The van der Waals surface area contributed by atoms with Crippen LogP contribution in [0.3, 0.4) is 0 Å². The molecule has 3 heteroatoms. The molecule has 0 atom stereocenters. The van der Waals surface area contributed by atoms with Crippen LogP contribution in [0, 0.1) is 12.3 Å². The van der Waals surface area contributed by atoms with Crippen molar-refractivity contribution < 1.29 is 14.6 Å². The van der Waals surface area contributed by atoms with E-state index >= 15 is 0 Å². The molecule has 60 valence electrons. The average molecular weight is 154 g/mol. The van der Waals surface area contributed by atoms with Gasteiger partial charge in [-0.25, -0.2) is 4.79 Å². The van der Waals surface area contributed by atoms with Gasteiger partial charge in [-0.1, -0.05) is 5.92 Å². The number of hydrogen-bond donors (Lipinski definition) is 1. The molecule has 0 bridgehead atoms. The molecule has 1 N–H and O–H groups in total. The third-order valence-electron chi connectivity index (χ3n) is 1.90. The largest absolute Gasteiger partial charge is 0.480 e. The van der Waals surface area contributed by atoms with Gasteiger partial charge in [-0.3, -0.25) is 0 Å². The Bertz CT molecular complexity index is 198. The van der Waals surface area contributed by atoms with Crippen molar-refractivity contribution in [1.82, 2.24) is 0 Å². The van der Waals surface area contributed by atoms with Crippen molar-refractivity contribution in [2.75, 3.05) is 6.61 Å². The molecule has 0 unspecified atom stereocenters. The number of ether oxygens (including phenoxy) is 1. The molecule has 1 aliphatic rings. The zero-order valence-corrected chi connectivity index (χ0v) is 6.17. The fraction of sp³-hybridized carbons (Fsp3) is 0.625. The lowest BCUT2D eigenvalue weighted by Gasteiger charge is -2.36. The first-order valence-corrected chi connectivity index (χ1v) is 3.52. The van der Waals surface area contributed by atoms with E-state index in [0.29, 0.717) is 0 Å². The number of rotatable bonds is 3. The minimum Gasteiger partial charge on any atom is -0.480 e. The molecule has 1 aliphatic carbocycles. The Morgan fingerprint density at radius 3 is 2.64 bits per heavy atom. The van der Waals surface area contributed by atoms with E-state index in [2.05, 4.69) is 5.92 Å². The van der Waals surface area contributed by atoms with Crippen LogP contribution in [0.5, 0.6) is 0 Å². The molecule has 0 aliphatic heterocycles. The summed E-state index contributed by atoms with van der Waals surface area (Å²) in [7, 11) is 0. The maximum absolute atomic E-state index is 10.1. The predicted molar refractivity (Wildman–Crippen MR) is 39.0 cm³/mol. The second kappa shape index (κ2) is 2.93. The summed E-state index contributed by atoms with van der Waals surface area (Å²) in [6, 6.07) is 0. The highest BCUT2D eigenvalue weighted by Crippen LogP contribution is 2.34. The van der Waals surface area contributed by atoms with E-state index in [4.69, 9.17) is 16.3 Å². The third kappa shape index (κ3) is 1.72. The van der Waals surface area contributed by atoms with E-state index in [1.54, 1.807) is 0 Å². The molecule has 1 rings (SSSR count). The Morgan fingerprint density at radius 2 is 2.36 bits per heavy atom. The number of hydrogen-bond acceptors (Lipinski definition) is 2. The normalized spacial score (nSPS) is 19.9. The molecular weight excluding hydrogens is 144 g/mol. The minimum atomic E-state index is -0.966. The van der Waals surface area contributed by atoms with Gasteiger partial charge in [0.05, 0.1) is 0 Å². The molecule has 1 saturated carbocycles. The highest BCUT2D eigenvalue weighted by Gasteiger charge is 2.36. The smallest absolute Gasteiger partial charge is 0.329 e. The van der Waals surface area contributed by atoms with Gasteiger partial charge in [0, 0.05) is 0 Å². The Labute approximate surface area is 65.4 Å². The monoisotopic (exact) mass is 154 g/mol. The number of carboxylic acids is 1. The Morgan fingerprint density at radius 1 is 1.73 bits per heavy atom. The summed E-state index contributed by atoms with van der Waals surface area (Å²) in [5.41, 5.74) is -0.557. The molecule has 0 radical (unpaired) electrons. The van der Waals surface area contributed by atoms with Gasteiger partial charge in [0.25, 0.3) is 0 Å². The molecule has 1 fully saturated rings. The van der Waals surface area contributed by atoms with E-state index in [0.717, 1.165) is 19.3 Å². The maximum Gasteiger partial charge on any atom is 0.329 e. The zero-order chi connectivity index (χ0) is 8.32. The summed E-state index contributed by atoms with van der Waals surface area (Å²) in [6.45, 7) is -0.288. The van der Waals surface area contributed by atoms with Gasteiger partial charge in [-0.2, -0.15) is 0 Å². The van der Waals surface area contributed by atoms with E-state index in [1.807, 2.05) is 0 Å². The van der Waals surface area contributed by atoms with Crippen LogP contribution in [-0.2, 0) is 9.53 Å². The first-order chi connectivity index (χ1) is 5.18. The van der Waals surface area contributed by atoms with Crippen LogP contribution in [0.4, 0.5) is 0 Å². The van der Waals surface area contributed by atoms with Gasteiger partial charge < -0.3 is 9.84 Å². The first-order valence-electron chi connectivity index (χ1n) is 3.52. The number of carbonyl (C=O) groups is 1. The van der Waals surface area contributed by atoms with Gasteiger partial charge in [-0.15, -0.1) is 6.42 Å². The summed E-state index contributed by atoms with van der Waals surface area (Å²) in [6.07, 6.45) is 7.80. The van der Waals surface area contributed by atoms with Crippen LogP contribution < -0.4 is 0 Å². The first kappa shape index (κ1) is 8.09. The molecule has 0 saturated heterocycles. The molecule has 3 nitrogen and oxygen atoms in total. The van der Waals surface area contributed by atoms with Gasteiger partial charge in [0.1, 0.15) is 12.2 Å². The molecule has 0 amide bonds. The molecule has 11 heavy (non-hydrogen) atoms. The van der Waals surface area contributed by atoms with Crippen LogP contribution >= 0.6 is 0 Å². The van der Waals surface area contributed by atoms with Crippen LogP contribution in [0.25, 0.3) is 0 Å². The van der Waals surface area contributed by atoms with Gasteiger partial charge in [0.15, 0.2) is 0 Å². The van der Waals surface area contributed by atoms with Gasteiger partial charge >= 0.3 is 5.97 Å². The molecule has 0 spiro atoms. The fourth-order valence-electron chi connectivity index (χ4n) is 1.03. The van der Waals surface area contributed by atoms with Crippen molar-refractivity contribution in [3.05, 3.63) is 0 Å². The average Bonchev–Trinajstić information content (AvgIpc) is 1.86. The van der Waals surface area contributed by atoms with Crippen molar-refractivity contribution in [3.8, 4) is 12.3 Å². The SMILES string of the molecule is C#CC1(OCC(=O)O)CCC1. The summed E-state index contributed by atoms with van der Waals surface area (Å²) in [4.78, 5) is 10.1. The fourth-order valence-corrected chi connectivity index (χ4v) is 1.03. The second-order valence-corrected chi connectivity index (χ2v) is 2.67. The Kier molecular flexibility index (Phi) is 2.16. The predicted octanol–water partition coefficient (Wildman–Crippen LogP) is 0.643. The quantitative estimate of drug-likeness (QED) is 0.607. The van der Waals surface area contributed by atoms with Crippen molar-refractivity contribution >= 4 is 5.97 Å².